The number of likely N-dealkylation sites (N-methyl/N-ethyl adjacent to an activating group) is 1. The molecule has 5 rings (SSSR count). The second-order valence-electron chi connectivity index (χ2n) is 9.60. The maximum Gasteiger partial charge on any atom is 0.319 e. The molecular formula is C28H33N3O3. The average molecular weight is 460 g/mol. The van der Waals surface area contributed by atoms with Crippen LogP contribution in [0.25, 0.3) is 10.8 Å². The van der Waals surface area contributed by atoms with E-state index in [1.165, 1.54) is 5.56 Å². The first-order valence-electron chi connectivity index (χ1n) is 12.0. The lowest BCUT2D eigenvalue weighted by Gasteiger charge is -2.45. The number of hydrogen-bond acceptors (Lipinski definition) is 4. The molecule has 2 amide bonds. The minimum Gasteiger partial charge on any atom is -0.493 e. The van der Waals surface area contributed by atoms with Gasteiger partial charge >= 0.3 is 6.03 Å². The lowest BCUT2D eigenvalue weighted by Crippen LogP contribution is -2.52. The number of nitrogens with zero attached hydrogens (tertiary/aromatic N) is 1. The van der Waals surface area contributed by atoms with Crippen LogP contribution in [-0.2, 0) is 5.41 Å². The lowest BCUT2D eigenvalue weighted by molar-refractivity contribution is 0.156. The van der Waals surface area contributed by atoms with Crippen molar-refractivity contribution in [3.8, 4) is 11.5 Å². The van der Waals surface area contributed by atoms with Crippen LogP contribution in [0.3, 0.4) is 0 Å². The molecule has 1 aliphatic heterocycles. The number of carbonyl (C=O) groups excluding carboxylic acids is 1. The Kier molecular flexibility index (Phi) is 6.09. The van der Waals surface area contributed by atoms with Crippen molar-refractivity contribution in [2.75, 3.05) is 33.1 Å². The smallest absolute Gasteiger partial charge is 0.319 e. The molecule has 178 valence electrons. The Balaban J connectivity index is 1.29. The van der Waals surface area contributed by atoms with Gasteiger partial charge < -0.3 is 25.0 Å². The van der Waals surface area contributed by atoms with Gasteiger partial charge in [0.2, 0.25) is 0 Å². The number of carbonyl (C=O) groups is 1. The Morgan fingerprint density at radius 3 is 2.56 bits per heavy atom. The van der Waals surface area contributed by atoms with Crippen LogP contribution in [0.1, 0.15) is 31.2 Å². The Morgan fingerprint density at radius 2 is 1.76 bits per heavy atom. The molecule has 3 aromatic carbocycles. The van der Waals surface area contributed by atoms with Crippen LogP contribution in [0.4, 0.5) is 10.5 Å². The zero-order valence-electron chi connectivity index (χ0n) is 20.1. The van der Waals surface area contributed by atoms with Crippen LogP contribution >= 0.6 is 0 Å². The van der Waals surface area contributed by atoms with E-state index in [2.05, 4.69) is 46.8 Å². The predicted octanol–water partition coefficient (Wildman–Crippen LogP) is 5.17. The summed E-state index contributed by atoms with van der Waals surface area (Å²) in [5.41, 5.74) is 2.18. The van der Waals surface area contributed by atoms with Crippen LogP contribution in [0.2, 0.25) is 0 Å². The summed E-state index contributed by atoms with van der Waals surface area (Å²) in [5, 5.41) is 8.54. The third kappa shape index (κ3) is 4.07. The van der Waals surface area contributed by atoms with Crippen LogP contribution < -0.4 is 20.1 Å². The van der Waals surface area contributed by atoms with Crippen molar-refractivity contribution in [3.63, 3.8) is 0 Å². The van der Waals surface area contributed by atoms with Gasteiger partial charge in [0.1, 0.15) is 0 Å². The highest BCUT2D eigenvalue weighted by Crippen LogP contribution is 2.49. The van der Waals surface area contributed by atoms with E-state index in [1.54, 1.807) is 14.2 Å². The van der Waals surface area contributed by atoms with E-state index in [1.807, 2.05) is 36.4 Å². The molecule has 1 saturated heterocycles. The van der Waals surface area contributed by atoms with Gasteiger partial charge in [-0.05, 0) is 79.9 Å². The van der Waals surface area contributed by atoms with Crippen LogP contribution in [-0.4, -0.2) is 50.8 Å². The number of likely N-dealkylation sites (tertiary alicyclic amines) is 1. The fourth-order valence-corrected chi connectivity index (χ4v) is 6.01. The lowest BCUT2D eigenvalue weighted by atomic mass is 9.65. The van der Waals surface area contributed by atoms with E-state index in [0.717, 1.165) is 60.2 Å². The number of rotatable bonds is 5. The molecule has 1 heterocycles. The summed E-state index contributed by atoms with van der Waals surface area (Å²) in [6, 6.07) is 20.9. The van der Waals surface area contributed by atoms with Crippen molar-refractivity contribution in [2.45, 2.75) is 43.2 Å². The first-order valence-corrected chi connectivity index (χ1v) is 12.0. The first-order chi connectivity index (χ1) is 16.5. The maximum atomic E-state index is 12.8. The minimum atomic E-state index is -0.139. The van der Waals surface area contributed by atoms with Gasteiger partial charge in [0.05, 0.1) is 14.2 Å². The Hall–Kier alpha value is -3.25. The van der Waals surface area contributed by atoms with Crippen LogP contribution in [0.15, 0.2) is 60.7 Å². The van der Waals surface area contributed by atoms with Crippen LogP contribution in [0, 0.1) is 0 Å². The highest BCUT2D eigenvalue weighted by atomic mass is 16.5. The number of benzene rings is 3. The maximum absolute atomic E-state index is 12.8. The molecular weight excluding hydrogens is 426 g/mol. The quantitative estimate of drug-likeness (QED) is 0.552. The van der Waals surface area contributed by atoms with Gasteiger partial charge in [-0.15, -0.1) is 0 Å². The zero-order chi connectivity index (χ0) is 23.7. The molecule has 6 heteroatoms. The summed E-state index contributed by atoms with van der Waals surface area (Å²) in [7, 11) is 5.55. The molecule has 3 aromatic rings. The molecule has 0 bridgehead atoms. The van der Waals surface area contributed by atoms with E-state index in [4.69, 9.17) is 9.47 Å². The molecule has 0 aromatic heterocycles. The molecule has 2 fully saturated rings. The van der Waals surface area contributed by atoms with E-state index < -0.39 is 0 Å². The van der Waals surface area contributed by atoms with E-state index in [0.29, 0.717) is 6.04 Å². The molecule has 0 spiro atoms. The van der Waals surface area contributed by atoms with E-state index >= 15 is 0 Å². The summed E-state index contributed by atoms with van der Waals surface area (Å²) in [5.74, 6) is 1.53. The zero-order valence-corrected chi connectivity index (χ0v) is 20.1. The van der Waals surface area contributed by atoms with E-state index in [9.17, 15) is 4.79 Å². The van der Waals surface area contributed by atoms with Crippen LogP contribution in [0.5, 0.6) is 11.5 Å². The van der Waals surface area contributed by atoms with Gasteiger partial charge in [-0.2, -0.15) is 0 Å². The Labute approximate surface area is 201 Å². The second kappa shape index (κ2) is 9.18. The molecule has 2 N–H and O–H groups in total. The minimum absolute atomic E-state index is 0.0707. The monoisotopic (exact) mass is 459 g/mol. The molecule has 34 heavy (non-hydrogen) atoms. The van der Waals surface area contributed by atoms with Crippen molar-refractivity contribution in [1.29, 1.82) is 0 Å². The van der Waals surface area contributed by atoms with Gasteiger partial charge in [0.15, 0.2) is 11.5 Å². The van der Waals surface area contributed by atoms with Crippen molar-refractivity contribution < 1.29 is 14.3 Å². The van der Waals surface area contributed by atoms with Gasteiger partial charge in [0.25, 0.3) is 0 Å². The summed E-state index contributed by atoms with van der Waals surface area (Å²) >= 11 is 0. The number of nitrogens with one attached hydrogen (secondary N) is 2. The van der Waals surface area contributed by atoms with Crippen molar-refractivity contribution in [3.05, 3.63) is 66.2 Å². The normalized spacial score (nSPS) is 24.4. The fourth-order valence-electron chi connectivity index (χ4n) is 6.01. The predicted molar refractivity (Wildman–Crippen MR) is 136 cm³/mol. The van der Waals surface area contributed by atoms with Gasteiger partial charge in [-0.1, -0.05) is 36.4 Å². The SMILES string of the molecule is COc1ccc([C@@]23CC[C@H](NC(=O)Nc4ccc5ccccc5c4)C[C@H]2N(C)CC3)cc1OC. The second-order valence-corrected chi connectivity index (χ2v) is 9.60. The number of urea groups is 1. The van der Waals surface area contributed by atoms with E-state index in [-0.39, 0.29) is 17.5 Å². The molecule has 0 unspecified atom stereocenters. The largest absolute Gasteiger partial charge is 0.493 e. The van der Waals surface area contributed by atoms with Crippen molar-refractivity contribution in [1.82, 2.24) is 10.2 Å². The summed E-state index contributed by atoms with van der Waals surface area (Å²) in [6.07, 6.45) is 4.01. The molecule has 1 aliphatic carbocycles. The number of fused-ring (bicyclic) bond motifs is 2. The summed E-state index contributed by atoms with van der Waals surface area (Å²) in [6.45, 7) is 1.05. The van der Waals surface area contributed by atoms with Gasteiger partial charge in [0, 0.05) is 23.2 Å². The number of anilines is 1. The van der Waals surface area contributed by atoms with Gasteiger partial charge in [-0.3, -0.25) is 0 Å². The molecule has 0 radical (unpaired) electrons. The third-order valence-corrected chi connectivity index (χ3v) is 7.83. The van der Waals surface area contributed by atoms with Crippen molar-refractivity contribution >= 4 is 22.5 Å². The molecule has 3 atom stereocenters. The highest BCUT2D eigenvalue weighted by molar-refractivity contribution is 5.93. The van der Waals surface area contributed by atoms with Gasteiger partial charge in [-0.25, -0.2) is 4.79 Å². The average Bonchev–Trinajstić information content (AvgIpc) is 3.20. The number of methoxy groups -OCH3 is 2. The highest BCUT2D eigenvalue weighted by Gasteiger charge is 2.50. The number of amides is 2. The Bertz CT molecular complexity index is 1200. The third-order valence-electron chi connectivity index (χ3n) is 7.83. The standard InChI is InChI=1S/C28H33N3O3/c1-31-15-14-28(21-9-11-24(33-2)25(17-21)34-3)13-12-23(18-26(28)31)30-27(32)29-22-10-8-19-6-4-5-7-20(19)16-22/h4-11,16-17,23,26H,12-15,18H2,1-3H3,(H2,29,30,32)/t23-,26+,28-/m0/s1. The topological polar surface area (TPSA) is 62.8 Å². The summed E-state index contributed by atoms with van der Waals surface area (Å²) < 4.78 is 11.0. The molecule has 1 saturated carbocycles. The summed E-state index contributed by atoms with van der Waals surface area (Å²) in [4.78, 5) is 15.3. The Morgan fingerprint density at radius 1 is 0.971 bits per heavy atom. The first kappa shape index (κ1) is 22.5. The molecule has 6 nitrogen and oxygen atoms in total. The molecule has 2 aliphatic rings. The fraction of sp³-hybridized carbons (Fsp3) is 0.393. The van der Waals surface area contributed by atoms with Crippen molar-refractivity contribution in [2.24, 2.45) is 0 Å². The number of ether oxygens (including phenoxy) is 2. The number of hydrogen-bond donors (Lipinski definition) is 2.